The Balaban J connectivity index is 1.52. The highest BCUT2D eigenvalue weighted by Gasteiger charge is 2.31. The van der Waals surface area contributed by atoms with Gasteiger partial charge in [0, 0.05) is 63.5 Å². The van der Waals surface area contributed by atoms with Crippen molar-refractivity contribution in [3.05, 3.63) is 29.8 Å². The Labute approximate surface area is 130 Å². The number of rotatable bonds is 4. The number of nitrogens with one attached hydrogen (secondary N) is 2. The van der Waals surface area contributed by atoms with Crippen LogP contribution >= 0.6 is 0 Å². The van der Waals surface area contributed by atoms with Gasteiger partial charge in [0.05, 0.1) is 0 Å². The van der Waals surface area contributed by atoms with Crippen LogP contribution < -0.4 is 10.6 Å². The molecule has 0 radical (unpaired) electrons. The number of fused-ring (bicyclic) bond motifs is 3. The van der Waals surface area contributed by atoms with Crippen LogP contribution in [0.2, 0.25) is 0 Å². The van der Waals surface area contributed by atoms with Crippen LogP contribution in [-0.2, 0) is 4.79 Å². The molecule has 2 N–H and O–H groups in total. The van der Waals surface area contributed by atoms with Gasteiger partial charge in [-0.15, -0.1) is 0 Å². The molecular formula is C16H22N4O2. The molecule has 1 aromatic rings. The van der Waals surface area contributed by atoms with Crippen LogP contribution in [-0.4, -0.2) is 66.9 Å². The number of hydrogen-bond acceptors (Lipinski definition) is 4. The fraction of sp³-hybridized carbons (Fsp3) is 0.500. The van der Waals surface area contributed by atoms with Crippen molar-refractivity contribution in [2.45, 2.75) is 13.0 Å². The Kier molecular flexibility index (Phi) is 4.40. The fourth-order valence-corrected chi connectivity index (χ4v) is 3.14. The number of amides is 2. The molecule has 6 nitrogen and oxygen atoms in total. The predicted octanol–water partition coefficient (Wildman–Crippen LogP) is 0.375. The number of carbonyl (C=O) groups excluding carboxylic acids is 2. The maximum Gasteiger partial charge on any atom is 0.251 e. The van der Waals surface area contributed by atoms with E-state index in [9.17, 15) is 9.59 Å². The van der Waals surface area contributed by atoms with E-state index < -0.39 is 0 Å². The van der Waals surface area contributed by atoms with Crippen LogP contribution in [0.4, 0.5) is 5.69 Å². The van der Waals surface area contributed by atoms with Gasteiger partial charge in [-0.2, -0.15) is 0 Å². The molecule has 0 saturated carbocycles. The van der Waals surface area contributed by atoms with Crippen molar-refractivity contribution in [3.8, 4) is 0 Å². The molecule has 22 heavy (non-hydrogen) atoms. The van der Waals surface area contributed by atoms with Crippen LogP contribution in [0.3, 0.4) is 0 Å². The second kappa shape index (κ2) is 6.46. The normalized spacial score (nSPS) is 26.5. The van der Waals surface area contributed by atoms with Gasteiger partial charge in [-0.1, -0.05) is 0 Å². The Bertz CT molecular complexity index is 550. The molecule has 3 aliphatic heterocycles. The number of anilines is 1. The van der Waals surface area contributed by atoms with E-state index in [1.54, 1.807) is 24.3 Å². The van der Waals surface area contributed by atoms with Crippen molar-refractivity contribution in [1.29, 1.82) is 0 Å². The SMILES string of the molecule is CC(=O)Nc1ccc(C(=O)NCC2CN3CCN2CC3)cc1. The Hall–Kier alpha value is -1.92. The molecule has 2 amide bonds. The number of benzene rings is 1. The van der Waals surface area contributed by atoms with Crippen LogP contribution in [0.25, 0.3) is 0 Å². The molecule has 0 aromatic heterocycles. The molecule has 1 unspecified atom stereocenters. The van der Waals surface area contributed by atoms with Gasteiger partial charge in [-0.05, 0) is 24.3 Å². The lowest BCUT2D eigenvalue weighted by Crippen LogP contribution is -2.63. The summed E-state index contributed by atoms with van der Waals surface area (Å²) >= 11 is 0. The number of nitrogens with zero attached hydrogens (tertiary/aromatic N) is 2. The van der Waals surface area contributed by atoms with Gasteiger partial charge in [-0.3, -0.25) is 19.4 Å². The van der Waals surface area contributed by atoms with Crippen molar-refractivity contribution in [2.24, 2.45) is 0 Å². The third-order valence-electron chi connectivity index (χ3n) is 4.36. The molecular weight excluding hydrogens is 280 g/mol. The fourth-order valence-electron chi connectivity index (χ4n) is 3.14. The lowest BCUT2D eigenvalue weighted by atomic mass is 10.1. The summed E-state index contributed by atoms with van der Waals surface area (Å²) in [5.41, 5.74) is 1.32. The minimum Gasteiger partial charge on any atom is -0.350 e. The molecule has 6 heteroatoms. The maximum atomic E-state index is 12.2. The summed E-state index contributed by atoms with van der Waals surface area (Å²) in [7, 11) is 0. The molecule has 1 aromatic carbocycles. The van der Waals surface area contributed by atoms with Crippen molar-refractivity contribution >= 4 is 17.5 Å². The second-order valence-electron chi connectivity index (χ2n) is 5.96. The van der Waals surface area contributed by atoms with Crippen LogP contribution in [0.5, 0.6) is 0 Å². The molecule has 3 saturated heterocycles. The highest BCUT2D eigenvalue weighted by Crippen LogP contribution is 2.15. The zero-order chi connectivity index (χ0) is 15.5. The van der Waals surface area contributed by atoms with Gasteiger partial charge >= 0.3 is 0 Å². The first kappa shape index (κ1) is 15.0. The highest BCUT2D eigenvalue weighted by atomic mass is 16.2. The van der Waals surface area contributed by atoms with Crippen molar-refractivity contribution < 1.29 is 9.59 Å². The highest BCUT2D eigenvalue weighted by molar-refractivity contribution is 5.95. The van der Waals surface area contributed by atoms with Crippen LogP contribution in [0.1, 0.15) is 17.3 Å². The predicted molar refractivity (Wildman–Crippen MR) is 84.9 cm³/mol. The van der Waals surface area contributed by atoms with E-state index in [4.69, 9.17) is 0 Å². The monoisotopic (exact) mass is 302 g/mol. The largest absolute Gasteiger partial charge is 0.350 e. The molecule has 4 rings (SSSR count). The average Bonchev–Trinajstić information content (AvgIpc) is 2.54. The molecule has 0 aliphatic carbocycles. The van der Waals surface area contributed by atoms with E-state index in [0.717, 1.165) is 32.7 Å². The van der Waals surface area contributed by atoms with Gasteiger partial charge in [0.2, 0.25) is 5.91 Å². The van der Waals surface area contributed by atoms with Gasteiger partial charge in [-0.25, -0.2) is 0 Å². The number of hydrogen-bond donors (Lipinski definition) is 2. The summed E-state index contributed by atoms with van der Waals surface area (Å²) in [6.45, 7) is 7.69. The Morgan fingerprint density at radius 1 is 1.14 bits per heavy atom. The molecule has 0 spiro atoms. The van der Waals surface area contributed by atoms with Gasteiger partial charge in [0.25, 0.3) is 5.91 Å². The summed E-state index contributed by atoms with van der Waals surface area (Å²) in [6.07, 6.45) is 0. The van der Waals surface area contributed by atoms with Crippen molar-refractivity contribution in [2.75, 3.05) is 44.6 Å². The molecule has 3 fully saturated rings. The maximum absolute atomic E-state index is 12.2. The smallest absolute Gasteiger partial charge is 0.251 e. The third kappa shape index (κ3) is 3.45. The topological polar surface area (TPSA) is 64.7 Å². The summed E-state index contributed by atoms with van der Waals surface area (Å²) < 4.78 is 0. The zero-order valence-electron chi connectivity index (χ0n) is 12.8. The first-order chi connectivity index (χ1) is 10.6. The lowest BCUT2D eigenvalue weighted by Gasteiger charge is -2.47. The van der Waals surface area contributed by atoms with E-state index in [2.05, 4.69) is 20.4 Å². The second-order valence-corrected chi connectivity index (χ2v) is 5.96. The van der Waals surface area contributed by atoms with E-state index in [-0.39, 0.29) is 11.8 Å². The van der Waals surface area contributed by atoms with Crippen molar-refractivity contribution in [3.63, 3.8) is 0 Å². The van der Waals surface area contributed by atoms with Crippen LogP contribution in [0.15, 0.2) is 24.3 Å². The van der Waals surface area contributed by atoms with E-state index in [1.165, 1.54) is 6.92 Å². The lowest BCUT2D eigenvalue weighted by molar-refractivity contribution is -0.114. The molecule has 1 atom stereocenters. The molecule has 3 heterocycles. The first-order valence-corrected chi connectivity index (χ1v) is 7.74. The summed E-state index contributed by atoms with van der Waals surface area (Å²) in [6, 6.07) is 7.38. The summed E-state index contributed by atoms with van der Waals surface area (Å²) in [5.74, 6) is -0.180. The molecule has 118 valence electrons. The molecule has 2 bridgehead atoms. The first-order valence-electron chi connectivity index (χ1n) is 7.74. The summed E-state index contributed by atoms with van der Waals surface area (Å²) in [5, 5.41) is 5.71. The Morgan fingerprint density at radius 2 is 1.82 bits per heavy atom. The third-order valence-corrected chi connectivity index (χ3v) is 4.36. The molecule has 3 aliphatic rings. The van der Waals surface area contributed by atoms with E-state index >= 15 is 0 Å². The standard InChI is InChI=1S/C16H22N4O2/c1-12(21)18-14-4-2-13(3-5-14)16(22)17-10-15-11-19-6-8-20(15)9-7-19/h2-5,15H,6-11H2,1H3,(H,17,22)(H,18,21). The minimum atomic E-state index is -0.117. The number of carbonyl (C=O) groups is 2. The minimum absolute atomic E-state index is 0.0629. The van der Waals surface area contributed by atoms with Gasteiger partial charge < -0.3 is 10.6 Å². The zero-order valence-corrected chi connectivity index (χ0v) is 12.8. The van der Waals surface area contributed by atoms with Crippen molar-refractivity contribution in [1.82, 2.24) is 15.1 Å². The van der Waals surface area contributed by atoms with Gasteiger partial charge in [0.1, 0.15) is 0 Å². The quantitative estimate of drug-likeness (QED) is 0.844. The average molecular weight is 302 g/mol. The van der Waals surface area contributed by atoms with E-state index in [1.807, 2.05) is 0 Å². The van der Waals surface area contributed by atoms with Gasteiger partial charge in [0.15, 0.2) is 0 Å². The van der Waals surface area contributed by atoms with E-state index in [0.29, 0.717) is 23.8 Å². The van der Waals surface area contributed by atoms with Crippen LogP contribution in [0, 0.1) is 0 Å². The Morgan fingerprint density at radius 3 is 2.36 bits per heavy atom. The number of piperazine rings is 3. The summed E-state index contributed by atoms with van der Waals surface area (Å²) in [4.78, 5) is 28.1.